The van der Waals surface area contributed by atoms with Gasteiger partial charge in [0.1, 0.15) is 0 Å². The third kappa shape index (κ3) is 5.76. The number of benzene rings is 1. The van der Waals surface area contributed by atoms with Gasteiger partial charge in [0.15, 0.2) is 0 Å². The molecule has 1 aromatic carbocycles. The van der Waals surface area contributed by atoms with E-state index in [-0.39, 0.29) is 30.7 Å². The zero-order valence-electron chi connectivity index (χ0n) is 14.7. The van der Waals surface area contributed by atoms with Gasteiger partial charge in [-0.3, -0.25) is 9.69 Å². The van der Waals surface area contributed by atoms with Gasteiger partial charge >= 0.3 is 0 Å². The zero-order valence-corrected chi connectivity index (χ0v) is 17.2. The molecule has 1 amide bonds. The lowest BCUT2D eigenvalue weighted by Crippen LogP contribution is -2.34. The predicted molar refractivity (Wildman–Crippen MR) is 111 cm³/mol. The van der Waals surface area contributed by atoms with Gasteiger partial charge in [-0.1, -0.05) is 12.1 Å². The van der Waals surface area contributed by atoms with E-state index in [1.54, 1.807) is 0 Å². The highest BCUT2D eigenvalue weighted by atomic mass is 35.5. The van der Waals surface area contributed by atoms with Crippen LogP contribution in [0.4, 0.5) is 0 Å². The first kappa shape index (κ1) is 22.6. The maximum absolute atomic E-state index is 12.7. The van der Waals surface area contributed by atoms with Crippen LogP contribution in [-0.2, 0) is 6.54 Å². The summed E-state index contributed by atoms with van der Waals surface area (Å²) in [6.45, 7) is 6.90. The topological polar surface area (TPSA) is 49.6 Å². The van der Waals surface area contributed by atoms with Crippen LogP contribution in [0.1, 0.15) is 29.3 Å². The second kappa shape index (κ2) is 10.6. The van der Waals surface area contributed by atoms with Crippen molar-refractivity contribution in [2.75, 3.05) is 37.7 Å². The second-order valence-electron chi connectivity index (χ2n) is 6.73. The molecule has 2 aliphatic rings. The lowest BCUT2D eigenvalue weighted by Gasteiger charge is -2.26. The van der Waals surface area contributed by atoms with Gasteiger partial charge in [-0.05, 0) is 43.5 Å². The van der Waals surface area contributed by atoms with Crippen LogP contribution < -0.4 is 5.73 Å². The summed E-state index contributed by atoms with van der Waals surface area (Å²) in [6, 6.07) is 8.48. The Morgan fingerprint density at radius 3 is 2.40 bits per heavy atom. The predicted octanol–water partition coefficient (Wildman–Crippen LogP) is 2.89. The molecule has 2 aliphatic heterocycles. The van der Waals surface area contributed by atoms with Crippen molar-refractivity contribution in [1.82, 2.24) is 9.80 Å². The third-order valence-electron chi connectivity index (χ3n) is 4.97. The Bertz CT molecular complexity index is 538. The van der Waals surface area contributed by atoms with Crippen LogP contribution in [0.5, 0.6) is 0 Å². The Morgan fingerprint density at radius 2 is 1.84 bits per heavy atom. The number of carbonyl (C=O) groups is 1. The summed E-state index contributed by atoms with van der Waals surface area (Å²) in [4.78, 5) is 17.2. The molecule has 3 rings (SSSR count). The molecule has 0 aromatic heterocycles. The number of nitrogens with two attached hydrogens (primary N) is 1. The molecule has 2 unspecified atom stereocenters. The van der Waals surface area contributed by atoms with Gasteiger partial charge in [0, 0.05) is 49.3 Å². The first-order valence-corrected chi connectivity index (χ1v) is 9.73. The van der Waals surface area contributed by atoms with E-state index in [1.807, 2.05) is 28.8 Å². The number of nitrogens with zero attached hydrogens (tertiary/aromatic N) is 2. The molecule has 2 N–H and O–H groups in total. The van der Waals surface area contributed by atoms with Crippen molar-refractivity contribution in [3.05, 3.63) is 35.4 Å². The Morgan fingerprint density at radius 1 is 1.20 bits per heavy atom. The summed E-state index contributed by atoms with van der Waals surface area (Å²) in [5, 5.41) is 0. The van der Waals surface area contributed by atoms with Crippen LogP contribution in [0.3, 0.4) is 0 Å². The molecule has 2 heterocycles. The van der Waals surface area contributed by atoms with Crippen LogP contribution in [0.25, 0.3) is 0 Å². The van der Waals surface area contributed by atoms with Crippen molar-refractivity contribution in [3.8, 4) is 0 Å². The molecular weight excluding hydrogens is 377 g/mol. The number of likely N-dealkylation sites (tertiary alicyclic amines) is 1. The maximum Gasteiger partial charge on any atom is 0.254 e. The minimum atomic E-state index is 0. The smallest absolute Gasteiger partial charge is 0.254 e. The summed E-state index contributed by atoms with van der Waals surface area (Å²) in [5.41, 5.74) is 7.85. The van der Waals surface area contributed by atoms with Crippen LogP contribution in [-0.4, -0.2) is 59.4 Å². The number of halogens is 2. The van der Waals surface area contributed by atoms with Gasteiger partial charge in [0.25, 0.3) is 5.91 Å². The first-order valence-electron chi connectivity index (χ1n) is 8.57. The highest BCUT2D eigenvalue weighted by Gasteiger charge is 2.31. The molecule has 2 saturated heterocycles. The summed E-state index contributed by atoms with van der Waals surface area (Å²) in [6.07, 6.45) is 1.02. The first-order chi connectivity index (χ1) is 11.2. The average molecular weight is 406 g/mol. The molecule has 0 bridgehead atoms. The fraction of sp³-hybridized carbons (Fsp3) is 0.611. The number of amides is 1. The molecular formula is C18H29Cl2N3OS. The normalized spacial score (nSPS) is 23.7. The fourth-order valence-corrected chi connectivity index (χ4v) is 4.51. The van der Waals surface area contributed by atoms with Crippen LogP contribution in [0.2, 0.25) is 0 Å². The second-order valence-corrected chi connectivity index (χ2v) is 7.95. The Balaban J connectivity index is 0.00000156. The van der Waals surface area contributed by atoms with Gasteiger partial charge < -0.3 is 10.6 Å². The van der Waals surface area contributed by atoms with E-state index in [1.165, 1.54) is 17.1 Å². The molecule has 0 radical (unpaired) electrons. The molecule has 0 aliphatic carbocycles. The van der Waals surface area contributed by atoms with Crippen molar-refractivity contribution in [1.29, 1.82) is 0 Å². The monoisotopic (exact) mass is 405 g/mol. The summed E-state index contributed by atoms with van der Waals surface area (Å²) in [5.74, 6) is 3.05. The molecule has 2 fully saturated rings. The van der Waals surface area contributed by atoms with Gasteiger partial charge in [-0.25, -0.2) is 0 Å². The third-order valence-corrected chi connectivity index (χ3v) is 5.91. The fourth-order valence-electron chi connectivity index (χ4n) is 3.53. The van der Waals surface area contributed by atoms with E-state index in [0.717, 1.165) is 38.2 Å². The minimum Gasteiger partial charge on any atom is -0.336 e. The van der Waals surface area contributed by atoms with E-state index in [2.05, 4.69) is 24.0 Å². The van der Waals surface area contributed by atoms with Crippen LogP contribution >= 0.6 is 36.6 Å². The summed E-state index contributed by atoms with van der Waals surface area (Å²) in [7, 11) is 0. The number of thioether (sulfide) groups is 1. The SMILES string of the molecule is CC1CC(CN)CN1C(=O)c1ccc(CN2CCSCC2)cc1.Cl.Cl. The number of hydrogen-bond acceptors (Lipinski definition) is 4. The summed E-state index contributed by atoms with van der Waals surface area (Å²) >= 11 is 2.03. The van der Waals surface area contributed by atoms with E-state index in [4.69, 9.17) is 5.73 Å². The molecule has 1 aromatic rings. The quantitative estimate of drug-likeness (QED) is 0.836. The molecule has 142 valence electrons. The Kier molecular flexibility index (Phi) is 9.60. The van der Waals surface area contributed by atoms with Gasteiger partial charge in [-0.2, -0.15) is 11.8 Å². The average Bonchev–Trinajstić information content (AvgIpc) is 2.97. The molecule has 2 atom stereocenters. The van der Waals surface area contributed by atoms with Gasteiger partial charge in [0.2, 0.25) is 0 Å². The van der Waals surface area contributed by atoms with E-state index in [9.17, 15) is 4.79 Å². The lowest BCUT2D eigenvalue weighted by atomic mass is 10.1. The Hall–Kier alpha value is -0.460. The number of hydrogen-bond donors (Lipinski definition) is 1. The van der Waals surface area contributed by atoms with Crippen LogP contribution in [0, 0.1) is 5.92 Å². The molecule has 25 heavy (non-hydrogen) atoms. The standard InChI is InChI=1S/C18H27N3OS.2ClH/c1-14-10-16(11-19)13-21(14)18(22)17-4-2-15(3-5-17)12-20-6-8-23-9-7-20;;/h2-5,14,16H,6-13,19H2,1H3;2*1H. The van der Waals surface area contributed by atoms with Gasteiger partial charge in [-0.15, -0.1) is 24.8 Å². The summed E-state index contributed by atoms with van der Waals surface area (Å²) < 4.78 is 0. The maximum atomic E-state index is 12.7. The molecule has 0 spiro atoms. The molecule has 4 nitrogen and oxygen atoms in total. The number of rotatable bonds is 4. The highest BCUT2D eigenvalue weighted by molar-refractivity contribution is 7.99. The van der Waals surface area contributed by atoms with Crippen molar-refractivity contribution < 1.29 is 4.79 Å². The molecule has 0 saturated carbocycles. The van der Waals surface area contributed by atoms with E-state index >= 15 is 0 Å². The molecule has 7 heteroatoms. The van der Waals surface area contributed by atoms with Crippen molar-refractivity contribution in [3.63, 3.8) is 0 Å². The zero-order chi connectivity index (χ0) is 16.2. The Labute approximate surface area is 167 Å². The lowest BCUT2D eigenvalue weighted by molar-refractivity contribution is 0.0743. The van der Waals surface area contributed by atoms with Crippen molar-refractivity contribution >= 4 is 42.5 Å². The van der Waals surface area contributed by atoms with E-state index in [0.29, 0.717) is 18.5 Å². The van der Waals surface area contributed by atoms with Gasteiger partial charge in [0.05, 0.1) is 0 Å². The number of carbonyl (C=O) groups excluding carboxylic acids is 1. The minimum absolute atomic E-state index is 0. The van der Waals surface area contributed by atoms with Crippen molar-refractivity contribution in [2.24, 2.45) is 11.7 Å². The highest BCUT2D eigenvalue weighted by Crippen LogP contribution is 2.24. The van der Waals surface area contributed by atoms with Crippen molar-refractivity contribution in [2.45, 2.75) is 25.9 Å². The van der Waals surface area contributed by atoms with Crippen LogP contribution in [0.15, 0.2) is 24.3 Å². The van der Waals surface area contributed by atoms with E-state index < -0.39 is 0 Å². The largest absolute Gasteiger partial charge is 0.336 e.